The highest BCUT2D eigenvalue weighted by Gasteiger charge is 2.11. The van der Waals surface area contributed by atoms with Gasteiger partial charge in [-0.25, -0.2) is 4.79 Å². The van der Waals surface area contributed by atoms with Gasteiger partial charge in [-0.05, 0) is 49.4 Å². The fourth-order valence-corrected chi connectivity index (χ4v) is 2.64. The molecule has 106 valence electrons. The van der Waals surface area contributed by atoms with Crippen LogP contribution in [0.15, 0.2) is 48.5 Å². The number of aryl methyl sites for hydroxylation is 1. The molecule has 0 saturated heterocycles. The molecule has 1 heterocycles. The molecule has 3 aromatic rings. The third-order valence-corrected chi connectivity index (χ3v) is 3.75. The Morgan fingerprint density at radius 1 is 1.10 bits per heavy atom. The first kappa shape index (κ1) is 13.7. The molecular formula is C17H14ClNO2. The average molecular weight is 300 g/mol. The van der Waals surface area contributed by atoms with E-state index >= 15 is 0 Å². The van der Waals surface area contributed by atoms with E-state index in [1.165, 1.54) is 7.11 Å². The van der Waals surface area contributed by atoms with Gasteiger partial charge in [0.2, 0.25) is 0 Å². The fraction of sp³-hybridized carbons (Fsp3) is 0.118. The van der Waals surface area contributed by atoms with E-state index in [0.717, 1.165) is 22.3 Å². The predicted molar refractivity (Wildman–Crippen MR) is 84.4 cm³/mol. The van der Waals surface area contributed by atoms with Crippen molar-refractivity contribution in [3.8, 4) is 5.69 Å². The number of halogens is 1. The maximum Gasteiger partial charge on any atom is 0.337 e. The molecule has 0 bridgehead atoms. The highest BCUT2D eigenvalue weighted by molar-refractivity contribution is 6.30. The lowest BCUT2D eigenvalue weighted by atomic mass is 10.1. The molecule has 0 aliphatic carbocycles. The van der Waals surface area contributed by atoms with Crippen molar-refractivity contribution in [1.29, 1.82) is 0 Å². The number of nitrogens with zero attached hydrogens (tertiary/aromatic N) is 1. The van der Waals surface area contributed by atoms with Crippen LogP contribution >= 0.6 is 11.6 Å². The Balaban J connectivity index is 2.23. The summed E-state index contributed by atoms with van der Waals surface area (Å²) in [5, 5.41) is 1.78. The molecule has 0 aliphatic rings. The van der Waals surface area contributed by atoms with E-state index in [1.54, 1.807) is 6.07 Å². The lowest BCUT2D eigenvalue weighted by Gasteiger charge is -2.09. The summed E-state index contributed by atoms with van der Waals surface area (Å²) in [6, 6.07) is 15.3. The lowest BCUT2D eigenvalue weighted by molar-refractivity contribution is 0.0601. The molecule has 0 fully saturated rings. The van der Waals surface area contributed by atoms with Crippen molar-refractivity contribution >= 4 is 28.5 Å². The van der Waals surface area contributed by atoms with Crippen LogP contribution in [0.5, 0.6) is 0 Å². The molecule has 0 aliphatic heterocycles. The number of ether oxygens (including phenoxy) is 1. The molecule has 3 nitrogen and oxygen atoms in total. The van der Waals surface area contributed by atoms with Gasteiger partial charge in [0.1, 0.15) is 0 Å². The third kappa shape index (κ3) is 2.41. The Morgan fingerprint density at radius 3 is 2.48 bits per heavy atom. The van der Waals surface area contributed by atoms with Crippen molar-refractivity contribution in [2.24, 2.45) is 0 Å². The van der Waals surface area contributed by atoms with Gasteiger partial charge < -0.3 is 9.30 Å². The Bertz CT molecular complexity index is 819. The first-order valence-electron chi connectivity index (χ1n) is 6.56. The van der Waals surface area contributed by atoms with E-state index in [1.807, 2.05) is 43.3 Å². The Labute approximate surface area is 127 Å². The highest BCUT2D eigenvalue weighted by atomic mass is 35.5. The minimum atomic E-state index is -0.335. The van der Waals surface area contributed by atoms with Crippen molar-refractivity contribution in [2.75, 3.05) is 7.11 Å². The number of methoxy groups -OCH3 is 1. The first-order valence-corrected chi connectivity index (χ1v) is 6.94. The first-order chi connectivity index (χ1) is 10.1. The number of esters is 1. The summed E-state index contributed by atoms with van der Waals surface area (Å²) in [4.78, 5) is 11.7. The van der Waals surface area contributed by atoms with E-state index in [-0.39, 0.29) is 5.97 Å². The molecule has 0 saturated carbocycles. The minimum Gasteiger partial charge on any atom is -0.465 e. The largest absolute Gasteiger partial charge is 0.465 e. The molecule has 0 spiro atoms. The fourth-order valence-electron chi connectivity index (χ4n) is 2.52. The average Bonchev–Trinajstić information content (AvgIpc) is 2.82. The zero-order chi connectivity index (χ0) is 15.0. The van der Waals surface area contributed by atoms with Crippen LogP contribution in [0.1, 0.15) is 16.1 Å². The molecule has 0 amide bonds. The molecular weight excluding hydrogens is 286 g/mol. The summed E-state index contributed by atoms with van der Waals surface area (Å²) in [6.45, 7) is 2.03. The smallest absolute Gasteiger partial charge is 0.337 e. The normalized spacial score (nSPS) is 10.8. The van der Waals surface area contributed by atoms with Gasteiger partial charge in [-0.2, -0.15) is 0 Å². The Kier molecular flexibility index (Phi) is 3.43. The van der Waals surface area contributed by atoms with Gasteiger partial charge >= 0.3 is 5.97 Å². The highest BCUT2D eigenvalue weighted by Crippen LogP contribution is 2.26. The van der Waals surface area contributed by atoms with Crippen LogP contribution in [0.4, 0.5) is 0 Å². The second-order valence-electron chi connectivity index (χ2n) is 4.86. The van der Waals surface area contributed by atoms with Crippen LogP contribution in [0, 0.1) is 6.92 Å². The topological polar surface area (TPSA) is 31.2 Å². The predicted octanol–water partition coefficient (Wildman–Crippen LogP) is 4.38. The summed E-state index contributed by atoms with van der Waals surface area (Å²) >= 11 is 5.95. The quantitative estimate of drug-likeness (QED) is 0.658. The van der Waals surface area contributed by atoms with E-state index in [9.17, 15) is 4.79 Å². The SMILES string of the molecule is COC(=O)c1ccc2cc(C)n(-c3ccc(Cl)cc3)c2c1. The van der Waals surface area contributed by atoms with E-state index in [2.05, 4.69) is 10.6 Å². The molecule has 0 N–H and O–H groups in total. The van der Waals surface area contributed by atoms with Crippen LogP contribution in [-0.4, -0.2) is 17.6 Å². The number of fused-ring (bicyclic) bond motifs is 1. The van der Waals surface area contributed by atoms with Crippen LogP contribution in [0.2, 0.25) is 5.02 Å². The molecule has 21 heavy (non-hydrogen) atoms. The second kappa shape index (κ2) is 5.26. The summed E-state index contributed by atoms with van der Waals surface area (Å²) in [5.41, 5.74) is 3.61. The number of carbonyl (C=O) groups is 1. The van der Waals surface area contributed by atoms with Crippen LogP contribution in [0.3, 0.4) is 0 Å². The number of rotatable bonds is 2. The van der Waals surface area contributed by atoms with Crippen molar-refractivity contribution < 1.29 is 9.53 Å². The van der Waals surface area contributed by atoms with E-state index in [0.29, 0.717) is 10.6 Å². The molecule has 0 unspecified atom stereocenters. The number of aromatic nitrogens is 1. The monoisotopic (exact) mass is 299 g/mol. The zero-order valence-corrected chi connectivity index (χ0v) is 12.5. The second-order valence-corrected chi connectivity index (χ2v) is 5.30. The lowest BCUT2D eigenvalue weighted by Crippen LogP contribution is -2.02. The number of benzene rings is 2. The Morgan fingerprint density at radius 2 is 1.81 bits per heavy atom. The molecule has 0 atom stereocenters. The minimum absolute atomic E-state index is 0.335. The van der Waals surface area contributed by atoms with Crippen molar-refractivity contribution in [1.82, 2.24) is 4.57 Å². The third-order valence-electron chi connectivity index (χ3n) is 3.49. The maximum absolute atomic E-state index is 11.7. The molecule has 4 heteroatoms. The van der Waals surface area contributed by atoms with Gasteiger partial charge in [0.05, 0.1) is 18.2 Å². The summed E-state index contributed by atoms with van der Waals surface area (Å²) in [7, 11) is 1.38. The standard InChI is InChI=1S/C17H14ClNO2/c1-11-9-12-3-4-13(17(20)21-2)10-16(12)19(11)15-7-5-14(18)6-8-15/h3-10H,1-2H3. The summed E-state index contributed by atoms with van der Waals surface area (Å²) in [5.74, 6) is -0.335. The van der Waals surface area contributed by atoms with Gasteiger partial charge in [0.15, 0.2) is 0 Å². The number of hydrogen-bond acceptors (Lipinski definition) is 2. The van der Waals surface area contributed by atoms with Crippen molar-refractivity contribution in [2.45, 2.75) is 6.92 Å². The summed E-state index contributed by atoms with van der Waals surface area (Å²) < 4.78 is 6.88. The van der Waals surface area contributed by atoms with Gasteiger partial charge in [0, 0.05) is 21.8 Å². The van der Waals surface area contributed by atoms with E-state index in [4.69, 9.17) is 16.3 Å². The van der Waals surface area contributed by atoms with Gasteiger partial charge in [-0.3, -0.25) is 0 Å². The Hall–Kier alpha value is -2.26. The van der Waals surface area contributed by atoms with Crippen molar-refractivity contribution in [3.63, 3.8) is 0 Å². The molecule has 0 radical (unpaired) electrons. The van der Waals surface area contributed by atoms with Crippen LogP contribution in [0.25, 0.3) is 16.6 Å². The van der Waals surface area contributed by atoms with Crippen molar-refractivity contribution in [3.05, 3.63) is 64.8 Å². The zero-order valence-electron chi connectivity index (χ0n) is 11.8. The van der Waals surface area contributed by atoms with Crippen LogP contribution < -0.4 is 0 Å². The van der Waals surface area contributed by atoms with Crippen LogP contribution in [-0.2, 0) is 4.74 Å². The van der Waals surface area contributed by atoms with Gasteiger partial charge in [-0.15, -0.1) is 0 Å². The molecule has 1 aromatic heterocycles. The molecule has 2 aromatic carbocycles. The number of hydrogen-bond donors (Lipinski definition) is 0. The van der Waals surface area contributed by atoms with Gasteiger partial charge in [-0.1, -0.05) is 17.7 Å². The summed E-state index contributed by atoms with van der Waals surface area (Å²) in [6.07, 6.45) is 0. The van der Waals surface area contributed by atoms with E-state index < -0.39 is 0 Å². The van der Waals surface area contributed by atoms with Gasteiger partial charge in [0.25, 0.3) is 0 Å². The number of carbonyl (C=O) groups excluding carboxylic acids is 1. The maximum atomic E-state index is 11.7. The molecule has 3 rings (SSSR count).